The number of hydrogen-bond donors (Lipinski definition) is 2. The third-order valence-corrected chi connectivity index (χ3v) is 2.29. The molecule has 0 bridgehead atoms. The summed E-state index contributed by atoms with van der Waals surface area (Å²) >= 11 is 0. The third kappa shape index (κ3) is 3.10. The van der Waals surface area contributed by atoms with E-state index in [1.807, 2.05) is 30.3 Å². The van der Waals surface area contributed by atoms with E-state index in [0.29, 0.717) is 19.7 Å². The fourth-order valence-electron chi connectivity index (χ4n) is 1.44. The van der Waals surface area contributed by atoms with Gasteiger partial charge in [0.1, 0.15) is 6.61 Å². The molecule has 1 heterocycles. The molecule has 1 aromatic rings. The Labute approximate surface area is 98.5 Å². The fraction of sp³-hybridized carbons (Fsp3) is 0.273. The van der Waals surface area contributed by atoms with Crippen LogP contribution in [0.4, 0.5) is 9.59 Å². The first-order chi connectivity index (χ1) is 8.25. The van der Waals surface area contributed by atoms with E-state index >= 15 is 0 Å². The largest absolute Gasteiger partial charge is 0.446 e. The maximum atomic E-state index is 11.4. The highest BCUT2D eigenvalue weighted by Crippen LogP contribution is 1.99. The Bertz CT molecular complexity index is 408. The Morgan fingerprint density at radius 1 is 1.35 bits per heavy atom. The molecule has 2 N–H and O–H groups in total. The van der Waals surface area contributed by atoms with E-state index in [-0.39, 0.29) is 0 Å². The molecule has 6 heteroatoms. The Balaban J connectivity index is 1.76. The summed E-state index contributed by atoms with van der Waals surface area (Å²) in [5.41, 5.74) is 3.40. The summed E-state index contributed by atoms with van der Waals surface area (Å²) in [6.45, 7) is 1.09. The first-order valence-corrected chi connectivity index (χ1v) is 5.28. The molecule has 1 aliphatic rings. The van der Waals surface area contributed by atoms with Gasteiger partial charge in [-0.05, 0) is 5.56 Å². The summed E-state index contributed by atoms with van der Waals surface area (Å²) < 4.78 is 4.67. The van der Waals surface area contributed by atoms with E-state index in [1.54, 1.807) is 0 Å². The Kier molecular flexibility index (Phi) is 3.44. The minimum Gasteiger partial charge on any atom is -0.446 e. The van der Waals surface area contributed by atoms with Crippen molar-refractivity contribution in [1.29, 1.82) is 0 Å². The molecule has 1 aromatic carbocycles. The fourth-order valence-corrected chi connectivity index (χ4v) is 1.44. The monoisotopic (exact) mass is 235 g/mol. The van der Waals surface area contributed by atoms with E-state index in [2.05, 4.69) is 15.5 Å². The van der Waals surface area contributed by atoms with E-state index in [1.165, 1.54) is 0 Å². The van der Waals surface area contributed by atoms with Crippen LogP contribution in [0, 0.1) is 0 Å². The van der Waals surface area contributed by atoms with Gasteiger partial charge in [-0.2, -0.15) is 0 Å². The molecule has 2 rings (SSSR count). The molecule has 1 aliphatic heterocycles. The van der Waals surface area contributed by atoms with E-state index in [9.17, 15) is 9.59 Å². The number of nitrogens with one attached hydrogen (secondary N) is 2. The van der Waals surface area contributed by atoms with Crippen molar-refractivity contribution in [3.8, 4) is 0 Å². The predicted molar refractivity (Wildman–Crippen MR) is 59.9 cm³/mol. The molecule has 17 heavy (non-hydrogen) atoms. The molecule has 6 nitrogen and oxygen atoms in total. The first kappa shape index (κ1) is 11.3. The summed E-state index contributed by atoms with van der Waals surface area (Å²) in [5, 5.41) is 3.79. The highest BCUT2D eigenvalue weighted by Gasteiger charge is 2.23. The second kappa shape index (κ2) is 5.20. The lowest BCUT2D eigenvalue weighted by atomic mass is 10.2. The van der Waals surface area contributed by atoms with Gasteiger partial charge in [-0.3, -0.25) is 0 Å². The molecule has 0 atom stereocenters. The van der Waals surface area contributed by atoms with Crippen LogP contribution >= 0.6 is 0 Å². The zero-order valence-electron chi connectivity index (χ0n) is 9.18. The van der Waals surface area contributed by atoms with Crippen LogP contribution in [0.3, 0.4) is 0 Å². The number of nitrogens with zero attached hydrogens (tertiary/aromatic N) is 1. The van der Waals surface area contributed by atoms with Crippen LogP contribution in [0.15, 0.2) is 30.3 Å². The van der Waals surface area contributed by atoms with Gasteiger partial charge in [-0.25, -0.2) is 20.0 Å². The second-order valence-electron chi connectivity index (χ2n) is 3.55. The molecule has 3 amide bonds. The molecular formula is C11H13N3O3. The normalized spacial score (nSPS) is 14.4. The summed E-state index contributed by atoms with van der Waals surface area (Å²) in [4.78, 5) is 22.5. The van der Waals surface area contributed by atoms with Gasteiger partial charge in [0.15, 0.2) is 0 Å². The Morgan fingerprint density at radius 3 is 2.76 bits per heavy atom. The number of hydrogen-bond acceptors (Lipinski definition) is 3. The summed E-state index contributed by atoms with van der Waals surface area (Å²) in [6.07, 6.45) is -0.528. The van der Waals surface area contributed by atoms with Gasteiger partial charge < -0.3 is 10.1 Å². The lowest BCUT2D eigenvalue weighted by Crippen LogP contribution is -2.47. The van der Waals surface area contributed by atoms with Crippen LogP contribution in [-0.4, -0.2) is 30.3 Å². The van der Waals surface area contributed by atoms with E-state index < -0.39 is 12.1 Å². The van der Waals surface area contributed by atoms with Crippen LogP contribution in [-0.2, 0) is 11.3 Å². The van der Waals surface area contributed by atoms with Gasteiger partial charge in [0.2, 0.25) is 0 Å². The van der Waals surface area contributed by atoms with Crippen molar-refractivity contribution in [3.63, 3.8) is 0 Å². The molecule has 0 aliphatic carbocycles. The Hall–Kier alpha value is -2.24. The van der Waals surface area contributed by atoms with Crippen LogP contribution in [0.1, 0.15) is 5.56 Å². The molecule has 1 fully saturated rings. The Morgan fingerprint density at radius 2 is 2.12 bits per heavy atom. The number of hydrazine groups is 1. The lowest BCUT2D eigenvalue weighted by Gasteiger charge is -2.14. The van der Waals surface area contributed by atoms with Crippen molar-refractivity contribution in [1.82, 2.24) is 15.8 Å². The summed E-state index contributed by atoms with van der Waals surface area (Å²) in [6, 6.07) is 9.09. The number of carbonyl (C=O) groups is 2. The van der Waals surface area contributed by atoms with Crippen molar-refractivity contribution < 1.29 is 14.3 Å². The smallest absolute Gasteiger partial charge is 0.428 e. The SMILES string of the molecule is O=C(NCc1ccccc1)NN1CCOC1=O. The average Bonchev–Trinajstić information content (AvgIpc) is 2.74. The zero-order valence-corrected chi connectivity index (χ0v) is 9.18. The molecule has 0 saturated carbocycles. The predicted octanol–water partition coefficient (Wildman–Crippen LogP) is 0.853. The third-order valence-electron chi connectivity index (χ3n) is 2.29. The van der Waals surface area contributed by atoms with Crippen LogP contribution in [0.2, 0.25) is 0 Å². The topological polar surface area (TPSA) is 70.7 Å². The van der Waals surface area contributed by atoms with Crippen molar-refractivity contribution in [3.05, 3.63) is 35.9 Å². The molecule has 0 radical (unpaired) electrons. The quantitative estimate of drug-likeness (QED) is 0.816. The van der Waals surface area contributed by atoms with Gasteiger partial charge in [-0.15, -0.1) is 0 Å². The van der Waals surface area contributed by atoms with Crippen LogP contribution in [0.25, 0.3) is 0 Å². The van der Waals surface area contributed by atoms with Crippen LogP contribution in [0.5, 0.6) is 0 Å². The highest BCUT2D eigenvalue weighted by atomic mass is 16.6. The van der Waals surface area contributed by atoms with Gasteiger partial charge in [0, 0.05) is 6.54 Å². The minimum absolute atomic E-state index is 0.303. The van der Waals surface area contributed by atoms with Gasteiger partial charge in [-0.1, -0.05) is 30.3 Å². The second-order valence-corrected chi connectivity index (χ2v) is 3.55. The number of cyclic esters (lactones) is 1. The van der Waals surface area contributed by atoms with Crippen molar-refractivity contribution in [2.45, 2.75) is 6.54 Å². The number of benzene rings is 1. The number of urea groups is 1. The van der Waals surface area contributed by atoms with E-state index in [4.69, 9.17) is 0 Å². The van der Waals surface area contributed by atoms with Gasteiger partial charge in [0.25, 0.3) is 0 Å². The lowest BCUT2D eigenvalue weighted by molar-refractivity contribution is 0.146. The average molecular weight is 235 g/mol. The molecule has 0 spiro atoms. The number of carbonyl (C=O) groups excluding carboxylic acids is 2. The first-order valence-electron chi connectivity index (χ1n) is 5.28. The maximum absolute atomic E-state index is 11.4. The number of rotatable bonds is 3. The molecule has 90 valence electrons. The standard InChI is InChI=1S/C11H13N3O3/c15-10(13-14-6-7-17-11(14)16)12-8-9-4-2-1-3-5-9/h1-5H,6-8H2,(H2,12,13,15). The minimum atomic E-state index is -0.528. The molecular weight excluding hydrogens is 222 g/mol. The van der Waals surface area contributed by atoms with Crippen LogP contribution < -0.4 is 10.7 Å². The highest BCUT2D eigenvalue weighted by molar-refractivity contribution is 5.78. The summed E-state index contributed by atoms with van der Waals surface area (Å²) in [7, 11) is 0. The number of ether oxygens (including phenoxy) is 1. The van der Waals surface area contributed by atoms with Crippen molar-refractivity contribution >= 4 is 12.1 Å². The van der Waals surface area contributed by atoms with Gasteiger partial charge in [0.05, 0.1) is 6.54 Å². The molecule has 1 saturated heterocycles. The zero-order chi connectivity index (χ0) is 12.1. The van der Waals surface area contributed by atoms with Crippen molar-refractivity contribution in [2.24, 2.45) is 0 Å². The van der Waals surface area contributed by atoms with Gasteiger partial charge >= 0.3 is 12.1 Å². The van der Waals surface area contributed by atoms with E-state index in [0.717, 1.165) is 10.6 Å². The molecule has 0 aromatic heterocycles. The number of amides is 3. The van der Waals surface area contributed by atoms with Crippen molar-refractivity contribution in [2.75, 3.05) is 13.2 Å². The maximum Gasteiger partial charge on any atom is 0.428 e. The summed E-state index contributed by atoms with van der Waals surface area (Å²) in [5.74, 6) is 0. The molecule has 0 unspecified atom stereocenters.